The van der Waals surface area contributed by atoms with Crippen LogP contribution in [0.5, 0.6) is 0 Å². The third-order valence-electron chi connectivity index (χ3n) is 1.25. The van der Waals surface area contributed by atoms with Gasteiger partial charge in [-0.3, -0.25) is 9.59 Å². The summed E-state index contributed by atoms with van der Waals surface area (Å²) in [5.74, 6) is -3.11. The molecule has 1 unspecified atom stereocenters. The molecule has 0 fully saturated rings. The van der Waals surface area contributed by atoms with Crippen LogP contribution in [0, 0.1) is 5.92 Å². The van der Waals surface area contributed by atoms with Crippen LogP contribution in [0.15, 0.2) is 11.6 Å². The Morgan fingerprint density at radius 2 is 1.77 bits per heavy atom. The molecule has 0 rings (SSSR count). The van der Waals surface area contributed by atoms with E-state index in [4.69, 9.17) is 10.2 Å². The van der Waals surface area contributed by atoms with Gasteiger partial charge >= 0.3 is 11.9 Å². The van der Waals surface area contributed by atoms with Gasteiger partial charge in [-0.1, -0.05) is 11.6 Å². The summed E-state index contributed by atoms with van der Waals surface area (Å²) < 4.78 is 0. The van der Waals surface area contributed by atoms with Gasteiger partial charge in [0, 0.05) is 21.1 Å². The predicted octanol–water partition coefficient (Wildman–Crippen LogP) is 1.13. The number of rotatable bonds is 4. The molecule has 0 aliphatic heterocycles. The van der Waals surface area contributed by atoms with E-state index in [1.807, 2.05) is 0 Å². The van der Waals surface area contributed by atoms with Gasteiger partial charge in [-0.25, -0.2) is 0 Å². The van der Waals surface area contributed by atoms with Crippen molar-refractivity contribution in [1.29, 1.82) is 0 Å². The molecule has 0 saturated carbocycles. The van der Waals surface area contributed by atoms with E-state index in [2.05, 4.69) is 0 Å². The van der Waals surface area contributed by atoms with Crippen LogP contribution < -0.4 is 0 Å². The largest absolute Gasteiger partial charge is 0.481 e. The van der Waals surface area contributed by atoms with Crippen molar-refractivity contribution in [3.8, 4) is 0 Å². The van der Waals surface area contributed by atoms with Gasteiger partial charge < -0.3 is 10.2 Å². The van der Waals surface area contributed by atoms with Crippen molar-refractivity contribution >= 4 is 11.9 Å². The van der Waals surface area contributed by atoms with Crippen molar-refractivity contribution in [3.05, 3.63) is 11.6 Å². The second-order valence-electron chi connectivity index (χ2n) is 2.79. The van der Waals surface area contributed by atoms with Crippen LogP contribution >= 0.6 is 0 Å². The smallest absolute Gasteiger partial charge is 0.310 e. The van der Waals surface area contributed by atoms with Crippen molar-refractivity contribution in [3.63, 3.8) is 0 Å². The van der Waals surface area contributed by atoms with Crippen LogP contribution in [-0.4, -0.2) is 22.2 Å². The molecule has 0 heterocycles. The fourth-order valence-electron chi connectivity index (χ4n) is 0.808. The molecule has 2 N–H and O–H groups in total. The minimum Gasteiger partial charge on any atom is -0.481 e. The number of carboxylic acid groups (broad SMARTS) is 2. The molecule has 0 saturated heterocycles. The summed E-state index contributed by atoms with van der Waals surface area (Å²) in [6, 6.07) is 0. The molecule has 0 aliphatic carbocycles. The quantitative estimate of drug-likeness (QED) is 0.592. The van der Waals surface area contributed by atoms with E-state index in [1.54, 1.807) is 13.8 Å². The zero-order valence-corrected chi connectivity index (χ0v) is 9.49. The summed E-state index contributed by atoms with van der Waals surface area (Å²) in [6.07, 6.45) is 1.08. The van der Waals surface area contributed by atoms with Crippen LogP contribution in [0.1, 0.15) is 20.3 Å². The fraction of sp³-hybridized carbons (Fsp3) is 0.500. The molecule has 0 radical (unpaired) electrons. The van der Waals surface area contributed by atoms with E-state index >= 15 is 0 Å². The maximum absolute atomic E-state index is 10.5. The van der Waals surface area contributed by atoms with Crippen LogP contribution in [0.3, 0.4) is 0 Å². The van der Waals surface area contributed by atoms with Crippen LogP contribution in [0.4, 0.5) is 0 Å². The van der Waals surface area contributed by atoms with Gasteiger partial charge in [0.1, 0.15) is 0 Å². The number of carboxylic acids is 2. The molecule has 0 aromatic rings. The molecule has 74 valence electrons. The standard InChI is InChI=1S/C8H12O4.Mo/c1-5(2)3-6(8(11)12)4-7(9)10;/h3,6H,4H2,1-2H3,(H,9,10)(H,11,12);. The molecule has 0 spiro atoms. The number of allylic oxidation sites excluding steroid dienone is 1. The second kappa shape index (κ2) is 6.84. The molecular weight excluding hydrogens is 256 g/mol. The first-order valence-electron chi connectivity index (χ1n) is 3.53. The van der Waals surface area contributed by atoms with Gasteiger partial charge in [0.15, 0.2) is 0 Å². The maximum Gasteiger partial charge on any atom is 0.310 e. The molecule has 4 nitrogen and oxygen atoms in total. The van der Waals surface area contributed by atoms with E-state index in [1.165, 1.54) is 6.08 Å². The first-order valence-corrected chi connectivity index (χ1v) is 3.53. The summed E-state index contributed by atoms with van der Waals surface area (Å²) in [4.78, 5) is 20.7. The molecule has 0 aromatic heterocycles. The van der Waals surface area contributed by atoms with Gasteiger partial charge in [0.2, 0.25) is 0 Å². The Hall–Kier alpha value is -0.632. The Morgan fingerprint density at radius 1 is 1.31 bits per heavy atom. The third kappa shape index (κ3) is 7.72. The normalized spacial score (nSPS) is 10.9. The molecule has 0 amide bonds. The zero-order chi connectivity index (χ0) is 9.72. The second-order valence-corrected chi connectivity index (χ2v) is 2.79. The summed E-state index contributed by atoms with van der Waals surface area (Å²) in [7, 11) is 0. The average Bonchev–Trinajstić information content (AvgIpc) is 1.83. The van der Waals surface area contributed by atoms with Crippen LogP contribution in [-0.2, 0) is 30.7 Å². The van der Waals surface area contributed by atoms with Gasteiger partial charge in [-0.2, -0.15) is 0 Å². The Labute approximate surface area is 90.9 Å². The zero-order valence-electron chi connectivity index (χ0n) is 7.48. The van der Waals surface area contributed by atoms with E-state index in [0.717, 1.165) is 5.57 Å². The van der Waals surface area contributed by atoms with Crippen molar-refractivity contribution in [1.82, 2.24) is 0 Å². The average molecular weight is 268 g/mol. The predicted molar refractivity (Wildman–Crippen MR) is 42.8 cm³/mol. The minimum atomic E-state index is -1.10. The summed E-state index contributed by atoms with van der Waals surface area (Å²) in [5, 5.41) is 16.9. The third-order valence-corrected chi connectivity index (χ3v) is 1.25. The van der Waals surface area contributed by atoms with Crippen molar-refractivity contribution in [2.24, 2.45) is 5.92 Å². The SMILES string of the molecule is CC(C)=CC(CC(=O)O)C(=O)O.[Mo]. The molecular formula is C8H12MoO4. The molecule has 1 atom stereocenters. The molecule has 0 aliphatic rings. The van der Waals surface area contributed by atoms with E-state index in [9.17, 15) is 9.59 Å². The summed E-state index contributed by atoms with van der Waals surface area (Å²) in [6.45, 7) is 3.47. The topological polar surface area (TPSA) is 74.6 Å². The van der Waals surface area contributed by atoms with Gasteiger partial charge in [-0.05, 0) is 13.8 Å². The maximum atomic E-state index is 10.5. The van der Waals surface area contributed by atoms with E-state index in [-0.39, 0.29) is 27.5 Å². The monoisotopic (exact) mass is 270 g/mol. The molecule has 0 bridgehead atoms. The van der Waals surface area contributed by atoms with Gasteiger partial charge in [-0.15, -0.1) is 0 Å². The van der Waals surface area contributed by atoms with E-state index in [0.29, 0.717) is 0 Å². The van der Waals surface area contributed by atoms with Crippen molar-refractivity contribution < 1.29 is 40.9 Å². The fourth-order valence-corrected chi connectivity index (χ4v) is 0.808. The van der Waals surface area contributed by atoms with E-state index < -0.39 is 17.9 Å². The Kier molecular flexibility index (Phi) is 7.82. The van der Waals surface area contributed by atoms with Gasteiger partial charge in [0.05, 0.1) is 12.3 Å². The summed E-state index contributed by atoms with van der Waals surface area (Å²) >= 11 is 0. The number of hydrogen-bond acceptors (Lipinski definition) is 2. The van der Waals surface area contributed by atoms with Crippen molar-refractivity contribution in [2.75, 3.05) is 0 Å². The minimum absolute atomic E-state index is 0. The van der Waals surface area contributed by atoms with Crippen LogP contribution in [0.2, 0.25) is 0 Å². The Morgan fingerprint density at radius 3 is 2.00 bits per heavy atom. The first kappa shape index (κ1) is 14.9. The number of hydrogen-bond donors (Lipinski definition) is 2. The molecule has 5 heteroatoms. The number of aliphatic carboxylic acids is 2. The van der Waals surface area contributed by atoms with Crippen LogP contribution in [0.25, 0.3) is 0 Å². The Bertz CT molecular complexity index is 218. The first-order chi connectivity index (χ1) is 5.43. The van der Waals surface area contributed by atoms with Gasteiger partial charge in [0.25, 0.3) is 0 Å². The number of carbonyl (C=O) groups is 2. The summed E-state index contributed by atoms with van der Waals surface area (Å²) in [5.41, 5.74) is 0.809. The molecule has 13 heavy (non-hydrogen) atoms. The van der Waals surface area contributed by atoms with Crippen molar-refractivity contribution in [2.45, 2.75) is 20.3 Å². The Balaban J connectivity index is 0. The molecule has 0 aromatic carbocycles.